The molecule has 138 valence electrons. The average molecular weight is 354 g/mol. The standard InChI is InChI=1S/C20H26N4O2/c1-25-18-8-7-17(13-19(18)26-2)23-20(21)22-10-12-24-11-9-15-5-3-4-6-16(15)14-24/h3-8,13H,9-12,14H2,1-2H3,(H3,21,22,23). The zero-order valence-electron chi connectivity index (χ0n) is 15.4. The molecule has 3 N–H and O–H groups in total. The van der Waals surface area contributed by atoms with E-state index < -0.39 is 0 Å². The summed E-state index contributed by atoms with van der Waals surface area (Å²) in [5, 5.41) is 3.09. The summed E-state index contributed by atoms with van der Waals surface area (Å²) in [6.45, 7) is 3.60. The Balaban J connectivity index is 1.51. The molecule has 0 amide bonds. The van der Waals surface area contributed by atoms with Gasteiger partial charge in [0.05, 0.1) is 20.8 Å². The quantitative estimate of drug-likeness (QED) is 0.616. The minimum Gasteiger partial charge on any atom is -0.493 e. The van der Waals surface area contributed by atoms with Crippen LogP contribution in [0.15, 0.2) is 47.5 Å². The Hall–Kier alpha value is -2.73. The van der Waals surface area contributed by atoms with Crippen molar-refractivity contribution in [2.75, 3.05) is 39.2 Å². The van der Waals surface area contributed by atoms with Crippen LogP contribution in [0.25, 0.3) is 0 Å². The second kappa shape index (κ2) is 8.58. The minimum absolute atomic E-state index is 0.398. The lowest BCUT2D eigenvalue weighted by atomic mass is 10.0. The molecule has 0 spiro atoms. The first-order chi connectivity index (χ1) is 12.7. The van der Waals surface area contributed by atoms with Crippen LogP contribution in [-0.2, 0) is 13.0 Å². The fraction of sp³-hybridized carbons (Fsp3) is 0.350. The van der Waals surface area contributed by atoms with E-state index in [1.54, 1.807) is 14.2 Å². The predicted molar refractivity (Wildman–Crippen MR) is 105 cm³/mol. The Labute approximate surface area is 154 Å². The number of hydrogen-bond acceptors (Lipinski definition) is 4. The number of nitrogens with one attached hydrogen (secondary N) is 1. The van der Waals surface area contributed by atoms with Crippen molar-refractivity contribution in [3.05, 3.63) is 53.6 Å². The fourth-order valence-corrected chi connectivity index (χ4v) is 3.16. The molecule has 0 saturated carbocycles. The first-order valence-electron chi connectivity index (χ1n) is 8.77. The Bertz CT molecular complexity index is 776. The summed E-state index contributed by atoms with van der Waals surface area (Å²) in [5.74, 6) is 1.73. The number of methoxy groups -OCH3 is 2. The zero-order chi connectivity index (χ0) is 18.4. The first-order valence-corrected chi connectivity index (χ1v) is 8.77. The molecule has 26 heavy (non-hydrogen) atoms. The van der Waals surface area contributed by atoms with Crippen molar-refractivity contribution in [2.24, 2.45) is 10.7 Å². The SMILES string of the molecule is COc1ccc(NC(N)=NCCN2CCc3ccccc3C2)cc1OC. The van der Waals surface area contributed by atoms with Gasteiger partial charge in [-0.05, 0) is 29.7 Å². The molecule has 1 aliphatic rings. The number of benzene rings is 2. The second-order valence-electron chi connectivity index (χ2n) is 6.26. The van der Waals surface area contributed by atoms with Crippen molar-refractivity contribution < 1.29 is 9.47 Å². The van der Waals surface area contributed by atoms with Gasteiger partial charge in [-0.3, -0.25) is 9.89 Å². The Morgan fingerprint density at radius 1 is 1.12 bits per heavy atom. The molecule has 1 heterocycles. The van der Waals surface area contributed by atoms with Crippen LogP contribution in [-0.4, -0.2) is 44.7 Å². The van der Waals surface area contributed by atoms with Crippen LogP contribution in [0.3, 0.4) is 0 Å². The van der Waals surface area contributed by atoms with Gasteiger partial charge in [0.2, 0.25) is 0 Å². The highest BCUT2D eigenvalue weighted by Gasteiger charge is 2.14. The van der Waals surface area contributed by atoms with E-state index in [0.29, 0.717) is 24.0 Å². The normalized spacial score (nSPS) is 14.6. The fourth-order valence-electron chi connectivity index (χ4n) is 3.16. The number of hydrogen-bond donors (Lipinski definition) is 2. The molecule has 3 rings (SSSR count). The highest BCUT2D eigenvalue weighted by Crippen LogP contribution is 2.29. The molecule has 0 aliphatic carbocycles. The summed E-state index contributed by atoms with van der Waals surface area (Å²) in [6, 6.07) is 14.2. The molecule has 6 nitrogen and oxygen atoms in total. The Morgan fingerprint density at radius 3 is 2.65 bits per heavy atom. The van der Waals surface area contributed by atoms with Crippen molar-refractivity contribution in [1.82, 2.24) is 4.90 Å². The Morgan fingerprint density at radius 2 is 1.88 bits per heavy atom. The molecule has 0 fully saturated rings. The highest BCUT2D eigenvalue weighted by atomic mass is 16.5. The predicted octanol–water partition coefficient (Wildman–Crippen LogP) is 2.49. The van der Waals surface area contributed by atoms with Gasteiger partial charge < -0.3 is 20.5 Å². The summed E-state index contributed by atoms with van der Waals surface area (Å²) >= 11 is 0. The van der Waals surface area contributed by atoms with Crippen LogP contribution in [0, 0.1) is 0 Å². The lowest BCUT2D eigenvalue weighted by Crippen LogP contribution is -2.33. The number of nitrogens with two attached hydrogens (primary N) is 1. The van der Waals surface area contributed by atoms with Crippen LogP contribution in [0.4, 0.5) is 5.69 Å². The lowest BCUT2D eigenvalue weighted by Gasteiger charge is -2.28. The van der Waals surface area contributed by atoms with Gasteiger partial charge in [0.15, 0.2) is 17.5 Å². The number of guanidine groups is 1. The summed E-state index contributed by atoms with van der Waals surface area (Å²) in [5.41, 5.74) is 9.70. The molecule has 0 atom stereocenters. The van der Waals surface area contributed by atoms with E-state index in [-0.39, 0.29) is 0 Å². The molecule has 0 radical (unpaired) electrons. The summed E-state index contributed by atoms with van der Waals surface area (Å²) in [6.07, 6.45) is 1.10. The van der Waals surface area contributed by atoms with Crippen molar-refractivity contribution in [3.63, 3.8) is 0 Å². The number of rotatable bonds is 6. The highest BCUT2D eigenvalue weighted by molar-refractivity contribution is 5.92. The molecule has 0 unspecified atom stereocenters. The zero-order valence-corrected chi connectivity index (χ0v) is 15.4. The number of nitrogens with zero attached hydrogens (tertiary/aromatic N) is 2. The summed E-state index contributed by atoms with van der Waals surface area (Å²) in [4.78, 5) is 6.85. The third-order valence-corrected chi connectivity index (χ3v) is 4.56. The third-order valence-electron chi connectivity index (χ3n) is 4.56. The smallest absolute Gasteiger partial charge is 0.193 e. The van der Waals surface area contributed by atoms with Crippen LogP contribution in [0.1, 0.15) is 11.1 Å². The lowest BCUT2D eigenvalue weighted by molar-refractivity contribution is 0.262. The minimum atomic E-state index is 0.398. The van der Waals surface area contributed by atoms with E-state index in [1.165, 1.54) is 11.1 Å². The van der Waals surface area contributed by atoms with Gasteiger partial charge in [-0.1, -0.05) is 24.3 Å². The molecular formula is C20H26N4O2. The van der Waals surface area contributed by atoms with E-state index in [0.717, 1.165) is 31.7 Å². The summed E-state index contributed by atoms with van der Waals surface area (Å²) in [7, 11) is 3.22. The Kier molecular flexibility index (Phi) is 5.96. The van der Waals surface area contributed by atoms with Gasteiger partial charge in [0.25, 0.3) is 0 Å². The monoisotopic (exact) mass is 354 g/mol. The van der Waals surface area contributed by atoms with Gasteiger partial charge in [-0.25, -0.2) is 0 Å². The molecule has 0 saturated heterocycles. The summed E-state index contributed by atoms with van der Waals surface area (Å²) < 4.78 is 10.5. The van der Waals surface area contributed by atoms with Crippen molar-refractivity contribution in [1.29, 1.82) is 0 Å². The van der Waals surface area contributed by atoms with Gasteiger partial charge in [-0.2, -0.15) is 0 Å². The van der Waals surface area contributed by atoms with E-state index in [1.807, 2.05) is 18.2 Å². The van der Waals surface area contributed by atoms with Crippen LogP contribution in [0.2, 0.25) is 0 Å². The van der Waals surface area contributed by atoms with Crippen molar-refractivity contribution >= 4 is 11.6 Å². The largest absolute Gasteiger partial charge is 0.493 e. The molecule has 2 aromatic carbocycles. The maximum absolute atomic E-state index is 6.01. The number of aliphatic imine (C=N–C) groups is 1. The number of fused-ring (bicyclic) bond motifs is 1. The van der Waals surface area contributed by atoms with Crippen molar-refractivity contribution in [3.8, 4) is 11.5 Å². The number of ether oxygens (including phenoxy) is 2. The first kappa shape index (κ1) is 18.1. The molecular weight excluding hydrogens is 328 g/mol. The van der Waals surface area contributed by atoms with Crippen LogP contribution < -0.4 is 20.5 Å². The molecule has 2 aromatic rings. The maximum atomic E-state index is 6.01. The molecule has 0 aromatic heterocycles. The molecule has 0 bridgehead atoms. The van der Waals surface area contributed by atoms with Crippen LogP contribution in [0.5, 0.6) is 11.5 Å². The van der Waals surface area contributed by atoms with Crippen LogP contribution >= 0.6 is 0 Å². The van der Waals surface area contributed by atoms with Gasteiger partial charge in [0.1, 0.15) is 0 Å². The topological polar surface area (TPSA) is 72.1 Å². The average Bonchev–Trinajstić information content (AvgIpc) is 2.67. The van der Waals surface area contributed by atoms with E-state index >= 15 is 0 Å². The second-order valence-corrected chi connectivity index (χ2v) is 6.26. The molecule has 6 heteroatoms. The maximum Gasteiger partial charge on any atom is 0.193 e. The van der Waals surface area contributed by atoms with E-state index in [9.17, 15) is 0 Å². The van der Waals surface area contributed by atoms with E-state index in [2.05, 4.69) is 39.5 Å². The van der Waals surface area contributed by atoms with Gasteiger partial charge >= 0.3 is 0 Å². The third kappa shape index (κ3) is 4.46. The van der Waals surface area contributed by atoms with E-state index in [4.69, 9.17) is 15.2 Å². The van der Waals surface area contributed by atoms with Gasteiger partial charge in [0, 0.05) is 31.4 Å². The van der Waals surface area contributed by atoms with Crippen molar-refractivity contribution in [2.45, 2.75) is 13.0 Å². The van der Waals surface area contributed by atoms with Gasteiger partial charge in [-0.15, -0.1) is 0 Å². The number of anilines is 1. The molecule has 1 aliphatic heterocycles.